The third-order valence-corrected chi connectivity index (χ3v) is 4.88. The quantitative estimate of drug-likeness (QED) is 0.465. The number of amides is 2. The second-order valence-corrected chi connectivity index (χ2v) is 7.60. The SMILES string of the molecule is O=C(Cn1cncc(NC(=O)OCc2ccccc2)c1=O)NC(Cc1ccccc1)C(=O)C(F)(F)F. The largest absolute Gasteiger partial charge is 0.452 e. The molecule has 1 atom stereocenters. The molecule has 1 heterocycles. The van der Waals surface area contributed by atoms with Crippen LogP contribution in [0.2, 0.25) is 0 Å². The van der Waals surface area contributed by atoms with E-state index in [9.17, 15) is 32.3 Å². The molecule has 2 N–H and O–H groups in total. The summed E-state index contributed by atoms with van der Waals surface area (Å²) in [5, 5.41) is 4.25. The molecule has 0 spiro atoms. The van der Waals surface area contributed by atoms with Crippen LogP contribution in [0, 0.1) is 0 Å². The average molecular weight is 502 g/mol. The number of Topliss-reactive ketones (excluding diaryl/α,β-unsaturated/α-hetero) is 1. The molecule has 0 aliphatic carbocycles. The highest BCUT2D eigenvalue weighted by molar-refractivity contribution is 5.93. The van der Waals surface area contributed by atoms with E-state index in [4.69, 9.17) is 4.74 Å². The molecule has 0 aliphatic heterocycles. The molecule has 9 nitrogen and oxygen atoms in total. The number of anilines is 1. The van der Waals surface area contributed by atoms with Gasteiger partial charge in [0.2, 0.25) is 5.91 Å². The smallest absolute Gasteiger partial charge is 0.444 e. The number of hydrogen-bond acceptors (Lipinski definition) is 6. The number of carbonyl (C=O) groups excluding carboxylic acids is 3. The average Bonchev–Trinajstić information content (AvgIpc) is 2.85. The van der Waals surface area contributed by atoms with Crippen molar-refractivity contribution >= 4 is 23.5 Å². The number of ketones is 1. The molecule has 36 heavy (non-hydrogen) atoms. The second-order valence-electron chi connectivity index (χ2n) is 7.60. The van der Waals surface area contributed by atoms with Crippen LogP contribution in [0.5, 0.6) is 0 Å². The zero-order valence-electron chi connectivity index (χ0n) is 18.7. The molecule has 3 rings (SSSR count). The molecule has 188 valence electrons. The highest BCUT2D eigenvalue weighted by atomic mass is 19.4. The van der Waals surface area contributed by atoms with Crippen LogP contribution < -0.4 is 16.2 Å². The molecular weight excluding hydrogens is 481 g/mol. The van der Waals surface area contributed by atoms with Crippen LogP contribution in [0.25, 0.3) is 0 Å². The number of hydrogen-bond donors (Lipinski definition) is 2. The summed E-state index contributed by atoms with van der Waals surface area (Å²) >= 11 is 0. The maximum absolute atomic E-state index is 13.1. The van der Waals surface area contributed by atoms with E-state index in [2.05, 4.69) is 10.3 Å². The van der Waals surface area contributed by atoms with Crippen molar-refractivity contribution in [2.75, 3.05) is 5.32 Å². The van der Waals surface area contributed by atoms with Gasteiger partial charge >= 0.3 is 12.3 Å². The molecule has 0 bridgehead atoms. The Morgan fingerprint density at radius 1 is 0.972 bits per heavy atom. The monoisotopic (exact) mass is 502 g/mol. The first kappa shape index (κ1) is 26.1. The molecule has 2 amide bonds. The summed E-state index contributed by atoms with van der Waals surface area (Å²) < 4.78 is 45.0. The van der Waals surface area contributed by atoms with Crippen molar-refractivity contribution in [1.29, 1.82) is 0 Å². The van der Waals surface area contributed by atoms with Crippen LogP contribution >= 0.6 is 0 Å². The predicted molar refractivity (Wildman–Crippen MR) is 122 cm³/mol. The summed E-state index contributed by atoms with van der Waals surface area (Å²) in [6, 6.07) is 14.7. The van der Waals surface area contributed by atoms with Gasteiger partial charge in [-0.3, -0.25) is 24.3 Å². The zero-order valence-corrected chi connectivity index (χ0v) is 18.7. The van der Waals surface area contributed by atoms with Crippen LogP contribution in [-0.2, 0) is 33.9 Å². The van der Waals surface area contributed by atoms with Crippen molar-refractivity contribution in [2.24, 2.45) is 0 Å². The van der Waals surface area contributed by atoms with Crippen molar-refractivity contribution in [3.63, 3.8) is 0 Å². The van der Waals surface area contributed by atoms with Gasteiger partial charge in [0.15, 0.2) is 0 Å². The Morgan fingerprint density at radius 2 is 1.58 bits per heavy atom. The van der Waals surface area contributed by atoms with E-state index in [1.54, 1.807) is 48.5 Å². The Labute approximate surface area is 202 Å². The summed E-state index contributed by atoms with van der Waals surface area (Å²) in [5.74, 6) is -3.15. The van der Waals surface area contributed by atoms with Crippen LogP contribution in [-0.4, -0.2) is 39.6 Å². The minimum atomic E-state index is -5.17. The first-order chi connectivity index (χ1) is 17.1. The lowest BCUT2D eigenvalue weighted by molar-refractivity contribution is -0.173. The van der Waals surface area contributed by atoms with E-state index in [0.717, 1.165) is 17.1 Å². The fraction of sp³-hybridized carbons (Fsp3) is 0.208. The van der Waals surface area contributed by atoms with E-state index < -0.39 is 48.5 Å². The molecule has 0 radical (unpaired) electrons. The Balaban J connectivity index is 1.66. The maximum atomic E-state index is 13.1. The number of halogens is 3. The molecule has 0 fully saturated rings. The Hall–Kier alpha value is -4.48. The summed E-state index contributed by atoms with van der Waals surface area (Å²) in [7, 11) is 0. The standard InChI is InChI=1S/C24H21F3N4O5/c25-24(26,27)21(33)18(11-16-7-3-1-4-8-16)29-20(32)13-31-15-28-12-19(22(31)34)30-23(35)36-14-17-9-5-2-6-10-17/h1-10,12,15,18H,11,13-14H2,(H,29,32)(H,30,35). The predicted octanol–water partition coefficient (Wildman–Crippen LogP) is 2.85. The van der Waals surface area contributed by atoms with E-state index in [-0.39, 0.29) is 12.3 Å². The number of aromatic nitrogens is 2. The molecule has 0 aliphatic rings. The van der Waals surface area contributed by atoms with Crippen LogP contribution in [0.4, 0.5) is 23.7 Å². The number of benzene rings is 2. The van der Waals surface area contributed by atoms with Gasteiger partial charge in [-0.25, -0.2) is 9.78 Å². The van der Waals surface area contributed by atoms with Crippen LogP contribution in [0.15, 0.2) is 78.0 Å². The van der Waals surface area contributed by atoms with Gasteiger partial charge in [-0.2, -0.15) is 13.2 Å². The number of nitrogens with zero attached hydrogens (tertiary/aromatic N) is 2. The van der Waals surface area contributed by atoms with Gasteiger partial charge in [-0.05, 0) is 11.1 Å². The normalized spacial score (nSPS) is 11.9. The molecule has 0 saturated heterocycles. The molecule has 1 aromatic heterocycles. The van der Waals surface area contributed by atoms with Gasteiger partial charge in [-0.1, -0.05) is 60.7 Å². The number of rotatable bonds is 9. The van der Waals surface area contributed by atoms with Crippen molar-refractivity contribution in [1.82, 2.24) is 14.9 Å². The fourth-order valence-corrected chi connectivity index (χ4v) is 3.17. The van der Waals surface area contributed by atoms with Gasteiger partial charge < -0.3 is 10.1 Å². The Morgan fingerprint density at radius 3 is 2.19 bits per heavy atom. The van der Waals surface area contributed by atoms with Gasteiger partial charge in [-0.15, -0.1) is 0 Å². The van der Waals surface area contributed by atoms with Gasteiger partial charge in [0.25, 0.3) is 11.3 Å². The lowest BCUT2D eigenvalue weighted by atomic mass is 10.0. The third kappa shape index (κ3) is 7.52. The lowest BCUT2D eigenvalue weighted by Crippen LogP contribution is -2.49. The summed E-state index contributed by atoms with van der Waals surface area (Å²) in [6.45, 7) is -0.795. The first-order valence-electron chi connectivity index (χ1n) is 10.6. The molecular formula is C24H21F3N4O5. The highest BCUT2D eigenvalue weighted by Crippen LogP contribution is 2.20. The molecule has 1 unspecified atom stereocenters. The number of carbonyl (C=O) groups is 3. The van der Waals surface area contributed by atoms with Gasteiger partial charge in [0.05, 0.1) is 12.5 Å². The van der Waals surface area contributed by atoms with Gasteiger partial charge in [0.1, 0.15) is 24.9 Å². The van der Waals surface area contributed by atoms with Crippen LogP contribution in [0.1, 0.15) is 11.1 Å². The number of alkyl halides is 3. The van der Waals surface area contributed by atoms with Crippen LogP contribution in [0.3, 0.4) is 0 Å². The summed E-state index contributed by atoms with van der Waals surface area (Å²) in [5.41, 5.74) is -0.0417. The molecule has 0 saturated carbocycles. The molecule has 3 aromatic rings. The molecule has 12 heteroatoms. The van der Waals surface area contributed by atoms with Crippen molar-refractivity contribution in [2.45, 2.75) is 31.8 Å². The topological polar surface area (TPSA) is 119 Å². The number of nitrogens with one attached hydrogen (secondary N) is 2. The minimum absolute atomic E-state index is 0.0560. The molecule has 2 aromatic carbocycles. The minimum Gasteiger partial charge on any atom is -0.444 e. The summed E-state index contributed by atoms with van der Waals surface area (Å²) in [4.78, 5) is 52.7. The van der Waals surface area contributed by atoms with Crippen molar-refractivity contribution in [3.8, 4) is 0 Å². The van der Waals surface area contributed by atoms with E-state index >= 15 is 0 Å². The van der Waals surface area contributed by atoms with E-state index in [1.165, 1.54) is 12.1 Å². The Kier molecular flexibility index (Phi) is 8.55. The summed E-state index contributed by atoms with van der Waals surface area (Å²) in [6.07, 6.45) is -4.51. The lowest BCUT2D eigenvalue weighted by Gasteiger charge is -2.19. The highest BCUT2D eigenvalue weighted by Gasteiger charge is 2.43. The van der Waals surface area contributed by atoms with E-state index in [0.29, 0.717) is 11.1 Å². The Bertz CT molecular complexity index is 1260. The maximum Gasteiger partial charge on any atom is 0.452 e. The van der Waals surface area contributed by atoms with Gasteiger partial charge in [0, 0.05) is 6.42 Å². The zero-order chi connectivity index (χ0) is 26.1. The van der Waals surface area contributed by atoms with Crippen molar-refractivity contribution in [3.05, 3.63) is 94.7 Å². The second kappa shape index (κ2) is 11.8. The third-order valence-electron chi connectivity index (χ3n) is 4.88. The fourth-order valence-electron chi connectivity index (χ4n) is 3.17. The van der Waals surface area contributed by atoms with Crippen molar-refractivity contribution < 1.29 is 32.3 Å². The number of ether oxygens (including phenoxy) is 1. The van der Waals surface area contributed by atoms with E-state index in [1.807, 2.05) is 5.32 Å². The first-order valence-corrected chi connectivity index (χ1v) is 10.6.